The Labute approximate surface area is 88.7 Å². The molecule has 0 bridgehead atoms. The fourth-order valence-corrected chi connectivity index (χ4v) is 1.14. The summed E-state index contributed by atoms with van der Waals surface area (Å²) < 4.78 is 0. The first-order valence-corrected chi connectivity index (χ1v) is 4.73. The Balaban J connectivity index is 2.71. The van der Waals surface area contributed by atoms with Crippen LogP contribution in [0, 0.1) is 0 Å². The van der Waals surface area contributed by atoms with E-state index in [1.807, 2.05) is 0 Å². The monoisotopic (exact) mass is 206 g/mol. The minimum atomic E-state index is -0.156. The van der Waals surface area contributed by atoms with E-state index in [0.29, 0.717) is 24.2 Å². The van der Waals surface area contributed by atoms with Gasteiger partial charge < -0.3 is 10.4 Å². The molecule has 0 unspecified atom stereocenters. The Morgan fingerprint density at radius 3 is 3.13 bits per heavy atom. The van der Waals surface area contributed by atoms with Crippen LogP contribution in [0.1, 0.15) is 16.1 Å². The molecular formula is C11H14N2O2. The maximum absolute atomic E-state index is 11.5. The second-order valence-corrected chi connectivity index (χ2v) is 3.01. The summed E-state index contributed by atoms with van der Waals surface area (Å²) in [4.78, 5) is 15.5. The zero-order valence-electron chi connectivity index (χ0n) is 8.44. The van der Waals surface area contributed by atoms with Gasteiger partial charge in [0.25, 0.3) is 5.91 Å². The fraction of sp³-hybridized carbons (Fsp3) is 0.273. The topological polar surface area (TPSA) is 62.2 Å². The highest BCUT2D eigenvalue weighted by Crippen LogP contribution is 2.02. The molecule has 0 atom stereocenters. The molecule has 1 aromatic heterocycles. The van der Waals surface area contributed by atoms with Gasteiger partial charge in [-0.1, -0.05) is 6.08 Å². The number of nitrogens with zero attached hydrogens (tertiary/aromatic N) is 1. The summed E-state index contributed by atoms with van der Waals surface area (Å²) in [6.45, 7) is 3.99. The maximum Gasteiger partial charge on any atom is 0.251 e. The Morgan fingerprint density at radius 2 is 2.47 bits per heavy atom. The van der Waals surface area contributed by atoms with Crippen molar-refractivity contribution < 1.29 is 9.90 Å². The van der Waals surface area contributed by atoms with Crippen molar-refractivity contribution in [3.8, 4) is 0 Å². The van der Waals surface area contributed by atoms with Crippen LogP contribution in [0.15, 0.2) is 31.0 Å². The molecule has 2 N–H and O–H groups in total. The highest BCUT2D eigenvalue weighted by atomic mass is 16.3. The van der Waals surface area contributed by atoms with E-state index >= 15 is 0 Å². The van der Waals surface area contributed by atoms with Crippen molar-refractivity contribution in [1.29, 1.82) is 0 Å². The van der Waals surface area contributed by atoms with Gasteiger partial charge in [0, 0.05) is 37.0 Å². The van der Waals surface area contributed by atoms with Gasteiger partial charge in [-0.25, -0.2) is 0 Å². The van der Waals surface area contributed by atoms with Crippen LogP contribution in [0.25, 0.3) is 0 Å². The van der Waals surface area contributed by atoms with Gasteiger partial charge in [0.1, 0.15) is 0 Å². The zero-order chi connectivity index (χ0) is 11.1. The fourth-order valence-electron chi connectivity index (χ4n) is 1.14. The Hall–Kier alpha value is -1.68. The van der Waals surface area contributed by atoms with Crippen molar-refractivity contribution in [1.82, 2.24) is 10.3 Å². The summed E-state index contributed by atoms with van der Waals surface area (Å²) in [6.07, 6.45) is 3.64. The number of nitrogens with one attached hydrogen (secondary N) is 1. The number of aromatic nitrogens is 1. The van der Waals surface area contributed by atoms with Gasteiger partial charge in [0.15, 0.2) is 0 Å². The van der Waals surface area contributed by atoms with Gasteiger partial charge in [0.05, 0.1) is 0 Å². The van der Waals surface area contributed by atoms with E-state index in [-0.39, 0.29) is 12.5 Å². The molecule has 0 saturated heterocycles. The van der Waals surface area contributed by atoms with Gasteiger partial charge >= 0.3 is 0 Å². The summed E-state index contributed by atoms with van der Waals surface area (Å²) in [5, 5.41) is 11.4. The van der Waals surface area contributed by atoms with Crippen molar-refractivity contribution in [2.75, 3.05) is 13.2 Å². The van der Waals surface area contributed by atoms with Crippen molar-refractivity contribution in [3.63, 3.8) is 0 Å². The van der Waals surface area contributed by atoms with Crippen LogP contribution in [-0.4, -0.2) is 29.1 Å². The minimum Gasteiger partial charge on any atom is -0.396 e. The van der Waals surface area contributed by atoms with Crippen LogP contribution in [0.4, 0.5) is 0 Å². The molecule has 80 valence electrons. The summed E-state index contributed by atoms with van der Waals surface area (Å²) in [7, 11) is 0. The van der Waals surface area contributed by atoms with E-state index < -0.39 is 0 Å². The largest absolute Gasteiger partial charge is 0.396 e. The van der Waals surface area contributed by atoms with Crippen LogP contribution in [0.3, 0.4) is 0 Å². The average Bonchev–Trinajstić information content (AvgIpc) is 2.27. The predicted octanol–water partition coefficient (Wildman–Crippen LogP) is 0.532. The predicted molar refractivity (Wildman–Crippen MR) is 57.6 cm³/mol. The Bertz CT molecular complexity index is 350. The number of aliphatic hydroxyl groups excluding tert-OH is 1. The van der Waals surface area contributed by atoms with Crippen LogP contribution in [0.5, 0.6) is 0 Å². The molecule has 4 heteroatoms. The number of hydrogen-bond donors (Lipinski definition) is 2. The average molecular weight is 206 g/mol. The third-order valence-corrected chi connectivity index (χ3v) is 1.85. The molecule has 1 rings (SSSR count). The summed E-state index contributed by atoms with van der Waals surface area (Å²) in [5.74, 6) is -0.156. The molecule has 0 aliphatic carbocycles. The number of rotatable bonds is 5. The quantitative estimate of drug-likeness (QED) is 0.691. The van der Waals surface area contributed by atoms with Crippen LogP contribution >= 0.6 is 0 Å². The number of amides is 1. The first-order chi connectivity index (χ1) is 7.27. The van der Waals surface area contributed by atoms with Crippen LogP contribution < -0.4 is 5.32 Å². The smallest absolute Gasteiger partial charge is 0.251 e. The van der Waals surface area contributed by atoms with Crippen molar-refractivity contribution >= 4 is 5.91 Å². The molecule has 15 heavy (non-hydrogen) atoms. The molecular weight excluding hydrogens is 192 g/mol. The molecule has 0 aromatic carbocycles. The second-order valence-electron chi connectivity index (χ2n) is 3.01. The van der Waals surface area contributed by atoms with E-state index in [1.165, 1.54) is 0 Å². The molecule has 0 spiro atoms. The van der Waals surface area contributed by atoms with Crippen LogP contribution in [-0.2, 0) is 6.42 Å². The number of aliphatic hydroxyl groups is 1. The van der Waals surface area contributed by atoms with Gasteiger partial charge in [-0.05, 0) is 12.1 Å². The zero-order valence-corrected chi connectivity index (χ0v) is 8.44. The molecule has 0 saturated carbocycles. The highest BCUT2D eigenvalue weighted by molar-refractivity contribution is 5.94. The van der Waals surface area contributed by atoms with Crippen molar-refractivity contribution in [2.45, 2.75) is 6.42 Å². The van der Waals surface area contributed by atoms with Crippen molar-refractivity contribution in [3.05, 3.63) is 42.2 Å². The minimum absolute atomic E-state index is 0.0325. The molecule has 1 aromatic rings. The molecule has 4 nitrogen and oxygen atoms in total. The van der Waals surface area contributed by atoms with Crippen molar-refractivity contribution in [2.24, 2.45) is 0 Å². The van der Waals surface area contributed by atoms with E-state index in [1.54, 1.807) is 24.4 Å². The first-order valence-electron chi connectivity index (χ1n) is 4.73. The number of hydrogen-bond acceptors (Lipinski definition) is 3. The van der Waals surface area contributed by atoms with Gasteiger partial charge in [0.2, 0.25) is 0 Å². The lowest BCUT2D eigenvalue weighted by atomic mass is 10.2. The lowest BCUT2D eigenvalue weighted by Gasteiger charge is -2.03. The summed E-state index contributed by atoms with van der Waals surface area (Å²) >= 11 is 0. The normalized spacial score (nSPS) is 9.67. The van der Waals surface area contributed by atoms with Gasteiger partial charge in [-0.3, -0.25) is 9.78 Å². The second kappa shape index (κ2) is 5.93. The molecule has 0 aliphatic heterocycles. The third-order valence-electron chi connectivity index (χ3n) is 1.85. The van der Waals surface area contributed by atoms with E-state index in [4.69, 9.17) is 5.11 Å². The maximum atomic E-state index is 11.5. The van der Waals surface area contributed by atoms with Gasteiger partial charge in [-0.15, -0.1) is 6.58 Å². The molecule has 0 fully saturated rings. The SMILES string of the molecule is C=CCNC(=O)c1ccnc(CCO)c1. The van der Waals surface area contributed by atoms with E-state index in [9.17, 15) is 4.79 Å². The first kappa shape index (κ1) is 11.4. The third kappa shape index (κ3) is 3.52. The Kier molecular flexibility index (Phi) is 4.50. The molecule has 0 radical (unpaired) electrons. The van der Waals surface area contributed by atoms with E-state index in [0.717, 1.165) is 0 Å². The van der Waals surface area contributed by atoms with Gasteiger partial charge in [-0.2, -0.15) is 0 Å². The number of pyridine rings is 1. The lowest BCUT2D eigenvalue weighted by Crippen LogP contribution is -2.23. The molecule has 0 aliphatic rings. The standard InChI is InChI=1S/C11H14N2O2/c1-2-5-13-11(15)9-3-6-12-10(8-9)4-7-14/h2-3,6,8,14H,1,4-5,7H2,(H,13,15). The van der Waals surface area contributed by atoms with Crippen LogP contribution in [0.2, 0.25) is 0 Å². The lowest BCUT2D eigenvalue weighted by molar-refractivity contribution is 0.0957. The Morgan fingerprint density at radius 1 is 1.67 bits per heavy atom. The number of carbonyl (C=O) groups excluding carboxylic acids is 1. The summed E-state index contributed by atoms with van der Waals surface area (Å²) in [5.41, 5.74) is 1.26. The molecule has 1 amide bonds. The number of carbonyl (C=O) groups is 1. The summed E-state index contributed by atoms with van der Waals surface area (Å²) in [6, 6.07) is 3.31. The van der Waals surface area contributed by atoms with E-state index in [2.05, 4.69) is 16.9 Å². The molecule has 1 heterocycles. The highest BCUT2D eigenvalue weighted by Gasteiger charge is 2.04.